The fourth-order valence-electron chi connectivity index (χ4n) is 3.70. The Bertz CT molecular complexity index is 1540. The first kappa shape index (κ1) is 27.8. The van der Waals surface area contributed by atoms with Gasteiger partial charge in [0.05, 0.1) is 20.3 Å². The van der Waals surface area contributed by atoms with Gasteiger partial charge in [-0.3, -0.25) is 15.2 Å². The summed E-state index contributed by atoms with van der Waals surface area (Å²) in [6.45, 7) is 1.48. The second kappa shape index (κ2) is 12.5. The minimum atomic E-state index is -1.04. The van der Waals surface area contributed by atoms with E-state index in [0.717, 1.165) is 4.68 Å². The summed E-state index contributed by atoms with van der Waals surface area (Å²) in [7, 11) is 1.42. The zero-order valence-corrected chi connectivity index (χ0v) is 21.7. The molecule has 0 radical (unpaired) electrons. The van der Waals surface area contributed by atoms with Crippen LogP contribution < -0.4 is 26.2 Å². The highest BCUT2D eigenvalue weighted by molar-refractivity contribution is 5.95. The third-order valence-electron chi connectivity index (χ3n) is 5.60. The summed E-state index contributed by atoms with van der Waals surface area (Å²) in [5.74, 6) is -0.985. The van der Waals surface area contributed by atoms with Gasteiger partial charge in [-0.1, -0.05) is 0 Å². The molecule has 2 aromatic carbocycles. The molecule has 1 atom stereocenters. The third-order valence-corrected chi connectivity index (χ3v) is 5.60. The number of carbonyl (C=O) groups excluding carboxylic acids is 1. The second-order valence-corrected chi connectivity index (χ2v) is 8.42. The molecule has 4 aromatic rings. The van der Waals surface area contributed by atoms with E-state index in [9.17, 15) is 9.59 Å². The maximum atomic E-state index is 16.0. The van der Waals surface area contributed by atoms with Crippen LogP contribution in [0.4, 0.5) is 10.1 Å². The molecule has 0 amide bonds. The number of nitrogen functional groups attached to an aromatic ring is 1. The third kappa shape index (κ3) is 6.59. The molecule has 40 heavy (non-hydrogen) atoms. The van der Waals surface area contributed by atoms with Crippen LogP contribution in [-0.4, -0.2) is 56.9 Å². The molecule has 0 aliphatic carbocycles. The number of esters is 1. The molecule has 208 valence electrons. The smallest absolute Gasteiger partial charge is 0.350 e. The van der Waals surface area contributed by atoms with Gasteiger partial charge >= 0.3 is 11.7 Å². The summed E-state index contributed by atoms with van der Waals surface area (Å²) in [6.07, 6.45) is 3.26. The average Bonchev–Trinajstić information content (AvgIpc) is 3.34. The summed E-state index contributed by atoms with van der Waals surface area (Å²) in [6, 6.07) is 9.96. The van der Waals surface area contributed by atoms with Crippen molar-refractivity contribution in [3.63, 3.8) is 0 Å². The summed E-state index contributed by atoms with van der Waals surface area (Å²) < 4.78 is 32.9. The molecule has 14 heteroatoms. The number of hydrogen-bond acceptors (Lipinski definition) is 10. The number of benzene rings is 2. The number of anilines is 1. The molecule has 0 spiro atoms. The van der Waals surface area contributed by atoms with Gasteiger partial charge < -0.3 is 25.3 Å². The van der Waals surface area contributed by atoms with Crippen molar-refractivity contribution in [1.82, 2.24) is 24.7 Å². The highest BCUT2D eigenvalue weighted by atomic mass is 19.1. The number of rotatable bonds is 12. The first-order valence-electron chi connectivity index (χ1n) is 12.1. The van der Waals surface area contributed by atoms with Crippen molar-refractivity contribution in [1.29, 1.82) is 5.41 Å². The van der Waals surface area contributed by atoms with Crippen LogP contribution in [0, 0.1) is 11.2 Å². The van der Waals surface area contributed by atoms with Gasteiger partial charge in [0.25, 0.3) is 5.95 Å². The minimum absolute atomic E-state index is 0.0301. The van der Waals surface area contributed by atoms with Gasteiger partial charge in [-0.15, -0.1) is 9.78 Å². The maximum Gasteiger partial charge on any atom is 0.350 e. The number of ether oxygens (including phenoxy) is 3. The highest BCUT2D eigenvalue weighted by Gasteiger charge is 2.27. The Labute approximate surface area is 227 Å². The lowest BCUT2D eigenvalue weighted by Crippen LogP contribution is -2.18. The predicted molar refractivity (Wildman–Crippen MR) is 142 cm³/mol. The van der Waals surface area contributed by atoms with Crippen molar-refractivity contribution in [2.45, 2.75) is 19.4 Å². The molecule has 0 aliphatic rings. The zero-order chi connectivity index (χ0) is 28.6. The highest BCUT2D eigenvalue weighted by Crippen LogP contribution is 2.35. The monoisotopic (exact) mass is 550 g/mol. The van der Waals surface area contributed by atoms with Crippen LogP contribution in [0.3, 0.4) is 0 Å². The van der Waals surface area contributed by atoms with E-state index >= 15 is 4.39 Å². The fraction of sp³-hybridized carbons (Fsp3) is 0.231. The van der Waals surface area contributed by atoms with E-state index in [2.05, 4.69) is 25.4 Å². The molecule has 0 bridgehead atoms. The molecule has 0 saturated heterocycles. The molecule has 2 heterocycles. The molecule has 0 aliphatic heterocycles. The summed E-state index contributed by atoms with van der Waals surface area (Å²) >= 11 is 0. The summed E-state index contributed by atoms with van der Waals surface area (Å²) in [5, 5.41) is 15.1. The number of halogens is 1. The lowest BCUT2D eigenvalue weighted by atomic mass is 10.0. The van der Waals surface area contributed by atoms with Gasteiger partial charge in [0.15, 0.2) is 17.4 Å². The van der Waals surface area contributed by atoms with Gasteiger partial charge in [0.1, 0.15) is 17.6 Å². The molecule has 0 saturated carbocycles. The molecule has 13 nitrogen and oxygen atoms in total. The van der Waals surface area contributed by atoms with Crippen LogP contribution in [0.15, 0.2) is 59.7 Å². The molecule has 5 N–H and O–H groups in total. The number of H-pyrrole nitrogens is 1. The maximum absolute atomic E-state index is 16.0. The lowest BCUT2D eigenvalue weighted by Gasteiger charge is -2.21. The first-order chi connectivity index (χ1) is 19.3. The van der Waals surface area contributed by atoms with Crippen LogP contribution in [0.1, 0.15) is 36.3 Å². The van der Waals surface area contributed by atoms with Crippen LogP contribution in [0.5, 0.6) is 11.5 Å². The molecule has 4 rings (SSSR count). The van der Waals surface area contributed by atoms with Crippen molar-refractivity contribution in [3.05, 3.63) is 88.1 Å². The minimum Gasteiger partial charge on any atom is -0.497 e. The Morgan fingerprint density at radius 3 is 2.58 bits per heavy atom. The second-order valence-electron chi connectivity index (χ2n) is 8.42. The van der Waals surface area contributed by atoms with E-state index < -0.39 is 23.5 Å². The van der Waals surface area contributed by atoms with Crippen molar-refractivity contribution < 1.29 is 23.4 Å². The topological polar surface area (TPSA) is 183 Å². The quantitative estimate of drug-likeness (QED) is 0.0883. The number of aromatic amines is 1. The van der Waals surface area contributed by atoms with E-state index in [1.807, 2.05) is 0 Å². The number of hydrogen-bond donors (Lipinski definition) is 4. The van der Waals surface area contributed by atoms with Crippen LogP contribution in [-0.2, 0) is 9.53 Å². The molecule has 0 fully saturated rings. The standard InChI is InChI=1S/C26H27FN8O5/c1-15(36)39-11-4-12-40-20-14-18(38-2)13-19(21(20)27)22(32-17-7-5-16(6-8-17)23(28)29)24-33-26(37)35(34-24)25-30-9-3-10-31-25/h3,5-10,13-14,22,32H,4,11-12H2,1-2H3,(H3,28,29)(H,33,34,37). The van der Waals surface area contributed by atoms with E-state index in [4.69, 9.17) is 25.4 Å². The molecule has 2 aromatic heterocycles. The number of nitrogens with one attached hydrogen (secondary N) is 3. The van der Waals surface area contributed by atoms with E-state index in [-0.39, 0.29) is 42.1 Å². The van der Waals surface area contributed by atoms with E-state index in [1.54, 1.807) is 30.3 Å². The molecular weight excluding hydrogens is 523 g/mol. The SMILES string of the molecule is COc1cc(OCCCOC(C)=O)c(F)c(C(Nc2ccc(C(=N)N)cc2)c2nn(-c3ncccn3)c(=O)[nH]2)c1. The van der Waals surface area contributed by atoms with Crippen LogP contribution in [0.25, 0.3) is 5.95 Å². The Kier molecular flexibility index (Phi) is 8.69. The Hall–Kier alpha value is -5.27. The number of aromatic nitrogens is 5. The summed E-state index contributed by atoms with van der Waals surface area (Å²) in [5.41, 5.74) is 6.00. The van der Waals surface area contributed by atoms with Crippen LogP contribution in [0.2, 0.25) is 0 Å². The van der Waals surface area contributed by atoms with Gasteiger partial charge in [-0.25, -0.2) is 19.2 Å². The largest absolute Gasteiger partial charge is 0.497 e. The van der Waals surface area contributed by atoms with Gasteiger partial charge in [0, 0.05) is 48.6 Å². The number of amidine groups is 1. The van der Waals surface area contributed by atoms with Gasteiger partial charge in [-0.05, 0) is 36.4 Å². The lowest BCUT2D eigenvalue weighted by molar-refractivity contribution is -0.141. The number of nitrogens with two attached hydrogens (primary N) is 1. The first-order valence-corrected chi connectivity index (χ1v) is 12.1. The Morgan fingerprint density at radius 2 is 1.93 bits per heavy atom. The number of carbonyl (C=O) groups is 1. The number of nitrogens with zero attached hydrogens (tertiary/aromatic N) is 4. The molecule has 1 unspecified atom stereocenters. The normalized spacial score (nSPS) is 11.5. The van der Waals surface area contributed by atoms with Gasteiger partial charge in [0.2, 0.25) is 0 Å². The predicted octanol–water partition coefficient (Wildman–Crippen LogP) is 2.32. The van der Waals surface area contributed by atoms with E-state index in [1.165, 1.54) is 38.6 Å². The van der Waals surface area contributed by atoms with Crippen molar-refractivity contribution in [2.75, 3.05) is 25.6 Å². The summed E-state index contributed by atoms with van der Waals surface area (Å²) in [4.78, 5) is 34.5. The van der Waals surface area contributed by atoms with Crippen molar-refractivity contribution in [3.8, 4) is 17.4 Å². The van der Waals surface area contributed by atoms with Crippen molar-refractivity contribution >= 4 is 17.5 Å². The van der Waals surface area contributed by atoms with E-state index in [0.29, 0.717) is 23.4 Å². The Balaban J connectivity index is 1.74. The zero-order valence-electron chi connectivity index (χ0n) is 21.7. The Morgan fingerprint density at radius 1 is 1.20 bits per heavy atom. The number of methoxy groups -OCH3 is 1. The van der Waals surface area contributed by atoms with Crippen molar-refractivity contribution in [2.24, 2.45) is 5.73 Å². The van der Waals surface area contributed by atoms with Crippen LogP contribution >= 0.6 is 0 Å². The average molecular weight is 551 g/mol. The molecular formula is C26H27FN8O5. The van der Waals surface area contributed by atoms with Gasteiger partial charge in [-0.2, -0.15) is 0 Å². The fourth-order valence-corrected chi connectivity index (χ4v) is 3.70.